The smallest absolute Gasteiger partial charge is 0.244 e. The van der Waals surface area contributed by atoms with Gasteiger partial charge in [-0.2, -0.15) is 0 Å². The van der Waals surface area contributed by atoms with Crippen molar-refractivity contribution in [3.8, 4) is 5.75 Å². The van der Waals surface area contributed by atoms with Gasteiger partial charge in [-0.05, 0) is 54.4 Å². The van der Waals surface area contributed by atoms with Gasteiger partial charge in [0.15, 0.2) is 0 Å². The van der Waals surface area contributed by atoms with Gasteiger partial charge in [0.1, 0.15) is 54.1 Å². The van der Waals surface area contributed by atoms with Crippen LogP contribution < -0.4 is 87.2 Å². The largest absolute Gasteiger partial charge is 0.508 e. The van der Waals surface area contributed by atoms with E-state index in [1.54, 1.807) is 44.2 Å². The summed E-state index contributed by atoms with van der Waals surface area (Å²) in [4.78, 5) is 201. The van der Waals surface area contributed by atoms with Gasteiger partial charge in [0, 0.05) is 30.8 Å². The molecule has 488 valence electrons. The highest BCUT2D eigenvalue weighted by molar-refractivity contribution is 8.76. The van der Waals surface area contributed by atoms with Gasteiger partial charge < -0.3 is 92.3 Å². The third-order valence-electron chi connectivity index (χ3n) is 12.9. The number of nitrogens with one attached hydrogen (secondary N) is 11. The van der Waals surface area contributed by atoms with Gasteiger partial charge in [-0.3, -0.25) is 71.9 Å². The summed E-state index contributed by atoms with van der Waals surface area (Å²) < 4.78 is 0. The average molecular weight is 1290 g/mol. The molecule has 0 radical (unpaired) electrons. The molecule has 9 atom stereocenters. The van der Waals surface area contributed by atoms with Gasteiger partial charge in [-0.1, -0.05) is 91.7 Å². The maximum absolute atomic E-state index is 14.5. The second-order valence-electron chi connectivity index (χ2n) is 21.6. The number of amides is 15. The fraction of sp³-hybridized carbons (Fsp3) is 0.509. The van der Waals surface area contributed by atoms with Crippen molar-refractivity contribution in [1.82, 2.24) is 58.5 Å². The summed E-state index contributed by atoms with van der Waals surface area (Å²) in [6.45, 7) is 4.62. The van der Waals surface area contributed by atoms with Gasteiger partial charge in [0.2, 0.25) is 88.6 Å². The summed E-state index contributed by atoms with van der Waals surface area (Å²) in [5.74, 6) is -16.6. The predicted octanol–water partition coefficient (Wildman–Crippen LogP) is -6.28. The number of carbonyl (C=O) groups excluding carboxylic acids is 15. The van der Waals surface area contributed by atoms with Crippen LogP contribution in [0.3, 0.4) is 0 Å². The van der Waals surface area contributed by atoms with E-state index in [-0.39, 0.29) is 43.3 Å². The Hall–Kier alpha value is -9.05. The lowest BCUT2D eigenvalue weighted by atomic mass is 10.0. The fourth-order valence-electron chi connectivity index (χ4n) is 8.40. The number of phenolic OH excluding ortho intramolecular Hbond substituents is 1. The van der Waals surface area contributed by atoms with Gasteiger partial charge in [0.25, 0.3) is 0 Å². The summed E-state index contributed by atoms with van der Waals surface area (Å²) in [6.07, 6.45) is -2.87. The van der Waals surface area contributed by atoms with Crippen molar-refractivity contribution >= 4 is 110 Å². The third-order valence-corrected chi connectivity index (χ3v) is 15.3. The topological polar surface area (TPSA) is 539 Å². The minimum absolute atomic E-state index is 0.0286. The number of rotatable bonds is 26. The molecule has 1 aliphatic heterocycles. The molecule has 15 amide bonds. The Balaban J connectivity index is 2.13. The maximum atomic E-state index is 14.5. The van der Waals surface area contributed by atoms with Crippen LogP contribution in [-0.4, -0.2) is 179 Å². The van der Waals surface area contributed by atoms with Crippen molar-refractivity contribution in [2.45, 2.75) is 133 Å². The first-order valence-electron chi connectivity index (χ1n) is 28.1. The normalized spacial score (nSPS) is 19.3. The number of primary amides is 4. The van der Waals surface area contributed by atoms with Crippen molar-refractivity contribution < 1.29 is 77.0 Å². The second-order valence-corrected chi connectivity index (χ2v) is 24.1. The van der Waals surface area contributed by atoms with E-state index in [9.17, 15) is 77.0 Å². The molecule has 1 aliphatic rings. The molecule has 89 heavy (non-hydrogen) atoms. The molecular formula is C55H80N16O16S2. The van der Waals surface area contributed by atoms with Crippen molar-refractivity contribution in [3.63, 3.8) is 0 Å². The molecule has 0 saturated carbocycles. The molecule has 0 bridgehead atoms. The summed E-state index contributed by atoms with van der Waals surface area (Å²) in [5, 5.41) is 36.1. The summed E-state index contributed by atoms with van der Waals surface area (Å²) in [6, 6.07) is -0.0489. The molecule has 1 heterocycles. The molecule has 2 aromatic carbocycles. The van der Waals surface area contributed by atoms with Crippen LogP contribution in [-0.2, 0) is 84.8 Å². The number of phenols is 1. The standard InChI is InChI=1S/C55H80N16O16S2/c1-27(2)16-32(56)48(80)68-36(18-29-8-6-5-7-9-29)52(84)71-40-26-89-88-25-39(54(86)66-33(14-15-41(57)73)51(83)70-38(21-43(59)75)53(85)67-34(47(60)79)17-28(3)4)65-45(77)23-61-44(76)22-62-49(81)35(19-30-10-12-31(72)13-11-30)64-46(78)24-63-50(82)37(20-42(58)74)69-55(40)87/h5-13,27-28,32-40,72H,14-26,56H2,1-4H3,(H2,57,73)(H2,58,74)(H2,59,75)(H2,60,79)(H,61,76)(H,62,81)(H,63,82)(H,64,78)(H,65,77)(H,66,86)(H,67,85)(H,68,80)(H,69,87)(H,70,83)(H,71,84)/t32-,33-,34-,35-,36-,37?,38-,39?,40?/m0/s1. The number of carbonyl (C=O) groups is 15. The molecule has 3 unspecified atom stereocenters. The molecule has 34 heteroatoms. The van der Waals surface area contributed by atoms with E-state index < -0.39 is 200 Å². The van der Waals surface area contributed by atoms with Gasteiger partial charge in [-0.25, -0.2) is 0 Å². The Morgan fingerprint density at radius 3 is 1.72 bits per heavy atom. The van der Waals surface area contributed by atoms with Crippen molar-refractivity contribution in [2.24, 2.45) is 40.5 Å². The third kappa shape index (κ3) is 28.6. The Morgan fingerprint density at radius 1 is 0.562 bits per heavy atom. The summed E-state index contributed by atoms with van der Waals surface area (Å²) in [5.41, 5.74) is 29.0. The number of aromatic hydroxyl groups is 1. The Bertz CT molecular complexity index is 2870. The van der Waals surface area contributed by atoms with Crippen molar-refractivity contribution in [3.05, 3.63) is 65.7 Å². The molecular weight excluding hydrogens is 1200 g/mol. The Morgan fingerprint density at radius 2 is 1.12 bits per heavy atom. The quantitative estimate of drug-likeness (QED) is 0.0390. The highest BCUT2D eigenvalue weighted by atomic mass is 33.1. The highest BCUT2D eigenvalue weighted by Crippen LogP contribution is 2.24. The van der Waals surface area contributed by atoms with Crippen molar-refractivity contribution in [2.75, 3.05) is 31.1 Å². The van der Waals surface area contributed by atoms with Crippen LogP contribution in [0.2, 0.25) is 0 Å². The first kappa shape index (κ1) is 74.2. The average Bonchev–Trinajstić information content (AvgIpc) is 3.53. The number of benzene rings is 2. The van der Waals surface area contributed by atoms with Crippen LogP contribution in [0.5, 0.6) is 5.75 Å². The Labute approximate surface area is 520 Å². The minimum Gasteiger partial charge on any atom is -0.508 e. The van der Waals surface area contributed by atoms with E-state index in [0.717, 1.165) is 21.6 Å². The van der Waals surface area contributed by atoms with Gasteiger partial charge in [-0.15, -0.1) is 0 Å². The zero-order chi connectivity index (χ0) is 66.5. The monoisotopic (exact) mass is 1280 g/mol. The van der Waals surface area contributed by atoms with E-state index in [2.05, 4.69) is 58.5 Å². The summed E-state index contributed by atoms with van der Waals surface area (Å²) in [7, 11) is 1.56. The van der Waals surface area contributed by atoms with Gasteiger partial charge in [0.05, 0.1) is 38.5 Å². The lowest BCUT2D eigenvalue weighted by Gasteiger charge is -2.26. The molecule has 0 aromatic heterocycles. The first-order valence-corrected chi connectivity index (χ1v) is 30.6. The lowest BCUT2D eigenvalue weighted by Crippen LogP contribution is -2.59. The minimum atomic E-state index is -1.82. The predicted molar refractivity (Wildman–Crippen MR) is 323 cm³/mol. The zero-order valence-corrected chi connectivity index (χ0v) is 51.1. The van der Waals surface area contributed by atoms with Crippen molar-refractivity contribution in [1.29, 1.82) is 0 Å². The van der Waals surface area contributed by atoms with E-state index in [1.807, 2.05) is 13.8 Å². The molecule has 1 saturated heterocycles. The number of hydrogen-bond donors (Lipinski definition) is 17. The first-order chi connectivity index (χ1) is 41.9. The molecule has 2 aromatic rings. The van der Waals surface area contributed by atoms with Crippen LogP contribution in [0.1, 0.15) is 77.3 Å². The van der Waals surface area contributed by atoms with Crippen LogP contribution in [0.15, 0.2) is 54.6 Å². The zero-order valence-electron chi connectivity index (χ0n) is 49.5. The van der Waals surface area contributed by atoms with Gasteiger partial charge >= 0.3 is 0 Å². The van der Waals surface area contributed by atoms with Crippen LogP contribution in [0.4, 0.5) is 0 Å². The number of hydrogen-bond acceptors (Lipinski definition) is 19. The van der Waals surface area contributed by atoms with E-state index in [0.29, 0.717) is 11.1 Å². The van der Waals surface area contributed by atoms with Crippen LogP contribution >= 0.6 is 21.6 Å². The maximum Gasteiger partial charge on any atom is 0.244 e. The number of nitrogens with two attached hydrogens (primary N) is 5. The molecule has 3 rings (SSSR count). The van der Waals surface area contributed by atoms with E-state index in [1.165, 1.54) is 24.3 Å². The molecule has 1 fully saturated rings. The second kappa shape index (κ2) is 37.6. The lowest BCUT2D eigenvalue weighted by molar-refractivity contribution is -0.135. The summed E-state index contributed by atoms with van der Waals surface area (Å²) >= 11 is 0. The Kier molecular flexibility index (Phi) is 31.4. The van der Waals surface area contributed by atoms with E-state index in [4.69, 9.17) is 28.7 Å². The highest BCUT2D eigenvalue weighted by Gasteiger charge is 2.35. The van der Waals surface area contributed by atoms with Crippen LogP contribution in [0, 0.1) is 11.8 Å². The fourth-order valence-corrected chi connectivity index (χ4v) is 10.7. The van der Waals surface area contributed by atoms with E-state index >= 15 is 0 Å². The SMILES string of the molecule is CC(C)C[C@H](NC(=O)[C@H](CC(N)=O)NC(=O)[C@H](CCC(N)=O)NC(=O)C1CSSCC(NC(=O)[C@H](Cc2ccccc2)NC(=O)[C@@H](N)CC(C)C)C(=O)NC(CC(N)=O)C(=O)NCC(=O)N[C@@H](Cc2ccc(O)cc2)C(=O)NCC(=O)NCC(=O)N1)C(N)=O. The molecule has 32 nitrogen and oxygen atoms in total. The molecule has 22 N–H and O–H groups in total. The van der Waals surface area contributed by atoms with Crippen LogP contribution in [0.25, 0.3) is 0 Å². The molecule has 0 spiro atoms. The molecule has 0 aliphatic carbocycles.